The molecule has 0 fully saturated rings. The number of rotatable bonds is 2. The van der Waals surface area contributed by atoms with Gasteiger partial charge in [-0.1, -0.05) is 0 Å². The van der Waals surface area contributed by atoms with Crippen LogP contribution >= 0.6 is 0 Å². The lowest BCUT2D eigenvalue weighted by atomic mass is 10.1. The number of tetrazole rings is 1. The number of nitrogens with two attached hydrogens (primary N) is 1. The van der Waals surface area contributed by atoms with E-state index in [9.17, 15) is 5.11 Å². The van der Waals surface area contributed by atoms with Gasteiger partial charge in [0.1, 0.15) is 5.60 Å². The van der Waals surface area contributed by atoms with Gasteiger partial charge in [0.15, 0.2) is 0 Å². The predicted molar refractivity (Wildman–Crippen MR) is 51.4 cm³/mol. The van der Waals surface area contributed by atoms with Crippen LogP contribution < -0.4 is 5.73 Å². The van der Waals surface area contributed by atoms with Crippen molar-refractivity contribution in [1.29, 1.82) is 0 Å². The zero-order valence-electron chi connectivity index (χ0n) is 9.02. The van der Waals surface area contributed by atoms with E-state index in [1.165, 1.54) is 4.80 Å². The van der Waals surface area contributed by atoms with E-state index in [1.807, 2.05) is 20.8 Å². The molecule has 1 unspecified atom stereocenters. The summed E-state index contributed by atoms with van der Waals surface area (Å²) in [5, 5.41) is 21.5. The first kappa shape index (κ1) is 11.1. The zero-order chi connectivity index (χ0) is 11.0. The van der Waals surface area contributed by atoms with E-state index in [1.54, 1.807) is 6.92 Å². The van der Waals surface area contributed by atoms with Gasteiger partial charge in [0.25, 0.3) is 0 Å². The molecule has 0 amide bonds. The molecule has 1 rings (SSSR count). The van der Waals surface area contributed by atoms with Crippen molar-refractivity contribution in [2.75, 3.05) is 6.54 Å². The van der Waals surface area contributed by atoms with Gasteiger partial charge in [0.2, 0.25) is 5.82 Å². The Morgan fingerprint density at radius 2 is 1.93 bits per heavy atom. The largest absolute Gasteiger partial charge is 0.381 e. The van der Waals surface area contributed by atoms with E-state index in [2.05, 4.69) is 15.4 Å². The minimum Gasteiger partial charge on any atom is -0.381 e. The van der Waals surface area contributed by atoms with Crippen LogP contribution in [0.1, 0.15) is 33.5 Å². The van der Waals surface area contributed by atoms with Crippen molar-refractivity contribution < 1.29 is 5.11 Å². The molecule has 1 atom stereocenters. The van der Waals surface area contributed by atoms with Crippen molar-refractivity contribution >= 4 is 0 Å². The molecule has 0 aliphatic carbocycles. The van der Waals surface area contributed by atoms with Crippen molar-refractivity contribution in [3.05, 3.63) is 5.82 Å². The highest BCUT2D eigenvalue weighted by Crippen LogP contribution is 2.15. The molecule has 0 saturated carbocycles. The van der Waals surface area contributed by atoms with Gasteiger partial charge in [-0.3, -0.25) is 0 Å². The molecule has 0 aliphatic rings. The van der Waals surface area contributed by atoms with E-state index in [0.29, 0.717) is 0 Å². The SMILES string of the molecule is CC(O)(CN)c1nnn(C(C)(C)C)n1. The van der Waals surface area contributed by atoms with Gasteiger partial charge in [-0.2, -0.15) is 4.80 Å². The van der Waals surface area contributed by atoms with Gasteiger partial charge in [-0.25, -0.2) is 0 Å². The van der Waals surface area contributed by atoms with Gasteiger partial charge in [0.05, 0.1) is 5.54 Å². The topological polar surface area (TPSA) is 89.9 Å². The molecule has 0 bridgehead atoms. The minimum atomic E-state index is -1.20. The molecular formula is C8H17N5O. The Hall–Kier alpha value is -1.01. The third kappa shape index (κ3) is 2.08. The summed E-state index contributed by atoms with van der Waals surface area (Å²) in [7, 11) is 0. The Morgan fingerprint density at radius 1 is 1.36 bits per heavy atom. The lowest BCUT2D eigenvalue weighted by Crippen LogP contribution is -2.33. The Labute approximate surface area is 83.1 Å². The zero-order valence-corrected chi connectivity index (χ0v) is 9.02. The first-order valence-electron chi connectivity index (χ1n) is 4.51. The summed E-state index contributed by atoms with van der Waals surface area (Å²) in [5.41, 5.74) is 3.94. The second kappa shape index (κ2) is 3.29. The van der Waals surface area contributed by atoms with Gasteiger partial charge < -0.3 is 10.8 Å². The average molecular weight is 199 g/mol. The van der Waals surface area contributed by atoms with Crippen molar-refractivity contribution in [2.45, 2.75) is 38.8 Å². The molecule has 0 spiro atoms. The number of aliphatic hydroxyl groups is 1. The summed E-state index contributed by atoms with van der Waals surface area (Å²) in [4.78, 5) is 1.46. The summed E-state index contributed by atoms with van der Waals surface area (Å²) < 4.78 is 0. The van der Waals surface area contributed by atoms with Crippen molar-refractivity contribution in [3.63, 3.8) is 0 Å². The highest BCUT2D eigenvalue weighted by Gasteiger charge is 2.28. The first-order chi connectivity index (χ1) is 6.27. The van der Waals surface area contributed by atoms with Crippen LogP contribution in [0.25, 0.3) is 0 Å². The van der Waals surface area contributed by atoms with Gasteiger partial charge >= 0.3 is 0 Å². The molecule has 0 saturated heterocycles. The number of hydrogen-bond donors (Lipinski definition) is 2. The third-order valence-electron chi connectivity index (χ3n) is 1.89. The fourth-order valence-corrected chi connectivity index (χ4v) is 0.805. The summed E-state index contributed by atoms with van der Waals surface area (Å²) in [6.07, 6.45) is 0. The average Bonchev–Trinajstić information content (AvgIpc) is 2.51. The van der Waals surface area contributed by atoms with Crippen LogP contribution in [0.2, 0.25) is 0 Å². The Bertz CT molecular complexity index is 312. The molecule has 0 aliphatic heterocycles. The molecule has 0 radical (unpaired) electrons. The van der Waals surface area contributed by atoms with Gasteiger partial charge in [-0.05, 0) is 32.9 Å². The summed E-state index contributed by atoms with van der Waals surface area (Å²) in [6.45, 7) is 7.50. The van der Waals surface area contributed by atoms with E-state index < -0.39 is 5.60 Å². The highest BCUT2D eigenvalue weighted by atomic mass is 16.3. The molecule has 80 valence electrons. The van der Waals surface area contributed by atoms with Crippen LogP contribution in [0.5, 0.6) is 0 Å². The van der Waals surface area contributed by atoms with Crippen LogP contribution in [0, 0.1) is 0 Å². The number of aromatic nitrogens is 4. The second-order valence-corrected chi connectivity index (χ2v) is 4.55. The molecule has 6 nitrogen and oxygen atoms in total. The van der Waals surface area contributed by atoms with Crippen LogP contribution in [-0.4, -0.2) is 31.9 Å². The van der Waals surface area contributed by atoms with Gasteiger partial charge in [0, 0.05) is 6.54 Å². The monoisotopic (exact) mass is 199 g/mol. The molecule has 3 N–H and O–H groups in total. The van der Waals surface area contributed by atoms with E-state index >= 15 is 0 Å². The maximum Gasteiger partial charge on any atom is 0.207 e. The smallest absolute Gasteiger partial charge is 0.207 e. The fraction of sp³-hybridized carbons (Fsp3) is 0.875. The second-order valence-electron chi connectivity index (χ2n) is 4.55. The molecule has 1 aromatic heterocycles. The quantitative estimate of drug-likeness (QED) is 0.676. The number of nitrogens with zero attached hydrogens (tertiary/aromatic N) is 4. The molecule has 1 heterocycles. The van der Waals surface area contributed by atoms with Crippen LogP contribution in [0.4, 0.5) is 0 Å². The standard InChI is InChI=1S/C8H17N5O/c1-7(2,3)13-11-6(10-12-13)8(4,14)5-9/h14H,5,9H2,1-4H3. The van der Waals surface area contributed by atoms with Crippen molar-refractivity contribution in [1.82, 2.24) is 20.2 Å². The molecule has 14 heavy (non-hydrogen) atoms. The van der Waals surface area contributed by atoms with Crippen LogP contribution in [0.3, 0.4) is 0 Å². The van der Waals surface area contributed by atoms with Crippen LogP contribution in [-0.2, 0) is 11.1 Å². The predicted octanol–water partition coefficient (Wildman–Crippen LogP) is -0.406. The minimum absolute atomic E-state index is 0.0723. The van der Waals surface area contributed by atoms with E-state index in [4.69, 9.17) is 5.73 Å². The van der Waals surface area contributed by atoms with E-state index in [-0.39, 0.29) is 17.9 Å². The summed E-state index contributed by atoms with van der Waals surface area (Å²) in [6, 6.07) is 0. The highest BCUT2D eigenvalue weighted by molar-refractivity contribution is 4.95. The molecular weight excluding hydrogens is 182 g/mol. The summed E-state index contributed by atoms with van der Waals surface area (Å²) >= 11 is 0. The Morgan fingerprint density at radius 3 is 2.29 bits per heavy atom. The maximum absolute atomic E-state index is 9.77. The van der Waals surface area contributed by atoms with Gasteiger partial charge in [-0.15, -0.1) is 10.2 Å². The lowest BCUT2D eigenvalue weighted by molar-refractivity contribution is 0.0564. The van der Waals surface area contributed by atoms with Crippen molar-refractivity contribution in [2.24, 2.45) is 5.73 Å². The fourth-order valence-electron chi connectivity index (χ4n) is 0.805. The first-order valence-corrected chi connectivity index (χ1v) is 4.51. The lowest BCUT2D eigenvalue weighted by Gasteiger charge is -2.17. The third-order valence-corrected chi connectivity index (χ3v) is 1.89. The molecule has 1 aromatic rings. The normalized spacial score (nSPS) is 16.7. The molecule has 0 aromatic carbocycles. The van der Waals surface area contributed by atoms with Crippen molar-refractivity contribution in [3.8, 4) is 0 Å². The molecule has 6 heteroatoms. The van der Waals surface area contributed by atoms with E-state index in [0.717, 1.165) is 0 Å². The summed E-state index contributed by atoms with van der Waals surface area (Å²) in [5.74, 6) is 0.259. The number of hydrogen-bond acceptors (Lipinski definition) is 5. The van der Waals surface area contributed by atoms with Crippen LogP contribution in [0.15, 0.2) is 0 Å². The Balaban J connectivity index is 3.00. The Kier molecular flexibility index (Phi) is 2.60. The maximum atomic E-state index is 9.77.